The normalized spacial score (nSPS) is 20.2. The molecule has 1 aliphatic rings. The second-order valence-corrected chi connectivity index (χ2v) is 6.24. The lowest BCUT2D eigenvalue weighted by Crippen LogP contribution is -2.32. The molecule has 1 aromatic heterocycles. The van der Waals surface area contributed by atoms with Crippen LogP contribution in [0.1, 0.15) is 28.4 Å². The maximum Gasteiger partial charge on any atom is 0.256 e. The van der Waals surface area contributed by atoms with Crippen LogP contribution in [-0.2, 0) is 0 Å². The zero-order valence-electron chi connectivity index (χ0n) is 13.8. The molecule has 3 aromatic rings. The van der Waals surface area contributed by atoms with Crippen molar-refractivity contribution in [2.75, 3.05) is 13.7 Å². The number of aromatic nitrogens is 2. The number of aromatic amines is 1. The number of carbonyl (C=O) groups excluding carboxylic acids is 1. The lowest BCUT2D eigenvalue weighted by atomic mass is 10.0. The van der Waals surface area contributed by atoms with Gasteiger partial charge in [-0.05, 0) is 36.2 Å². The maximum absolute atomic E-state index is 13.2. The van der Waals surface area contributed by atoms with Crippen molar-refractivity contribution in [3.8, 4) is 5.75 Å². The number of β-amino-alcohol motifs (C(OH)–C–C–N with tert-alkyl or cyclic N) is 1. The van der Waals surface area contributed by atoms with E-state index >= 15 is 0 Å². The molecule has 4 rings (SSSR count). The number of carbonyl (C=O) groups is 1. The highest BCUT2D eigenvalue weighted by Gasteiger charge is 2.36. The third-order valence-corrected chi connectivity index (χ3v) is 4.70. The lowest BCUT2D eigenvalue weighted by molar-refractivity contribution is 0.0717. The maximum atomic E-state index is 13.2. The zero-order chi connectivity index (χ0) is 17.4. The van der Waals surface area contributed by atoms with Crippen LogP contribution < -0.4 is 4.74 Å². The Morgan fingerprint density at radius 3 is 3.00 bits per heavy atom. The van der Waals surface area contributed by atoms with Gasteiger partial charge in [0, 0.05) is 6.54 Å². The molecular weight excluding hydrogens is 318 g/mol. The fourth-order valence-corrected chi connectivity index (χ4v) is 3.50. The zero-order valence-corrected chi connectivity index (χ0v) is 13.8. The Hall–Kier alpha value is -2.86. The predicted molar refractivity (Wildman–Crippen MR) is 93.5 cm³/mol. The fourth-order valence-electron chi connectivity index (χ4n) is 3.50. The summed E-state index contributed by atoms with van der Waals surface area (Å²) in [5.74, 6) is 0.614. The summed E-state index contributed by atoms with van der Waals surface area (Å²) in [7, 11) is 1.61. The van der Waals surface area contributed by atoms with E-state index in [4.69, 9.17) is 4.74 Å². The van der Waals surface area contributed by atoms with Gasteiger partial charge in [-0.3, -0.25) is 4.79 Å². The highest BCUT2D eigenvalue weighted by molar-refractivity contribution is 6.05. The minimum absolute atomic E-state index is 0.123. The number of hydrogen-bond donors (Lipinski definition) is 2. The highest BCUT2D eigenvalue weighted by atomic mass is 16.5. The van der Waals surface area contributed by atoms with Crippen LogP contribution >= 0.6 is 0 Å². The average Bonchev–Trinajstić information content (AvgIpc) is 3.27. The largest absolute Gasteiger partial charge is 0.497 e. The Labute approximate surface area is 145 Å². The summed E-state index contributed by atoms with van der Waals surface area (Å²) in [6, 6.07) is 12.9. The molecule has 2 heterocycles. The number of hydrogen-bond acceptors (Lipinski definition) is 4. The van der Waals surface area contributed by atoms with Gasteiger partial charge < -0.3 is 19.7 Å². The number of benzene rings is 2. The number of rotatable bonds is 3. The summed E-state index contributed by atoms with van der Waals surface area (Å²) in [4.78, 5) is 22.2. The van der Waals surface area contributed by atoms with E-state index in [-0.39, 0.29) is 11.9 Å². The molecule has 6 heteroatoms. The molecule has 0 saturated carbocycles. The molecule has 2 atom stereocenters. The topological polar surface area (TPSA) is 78.5 Å². The van der Waals surface area contributed by atoms with E-state index < -0.39 is 6.10 Å². The van der Waals surface area contributed by atoms with Crippen LogP contribution in [0, 0.1) is 0 Å². The number of para-hydroxylation sites is 1. The van der Waals surface area contributed by atoms with Crippen LogP contribution in [0.25, 0.3) is 11.0 Å². The first-order valence-corrected chi connectivity index (χ1v) is 8.22. The molecule has 6 nitrogen and oxygen atoms in total. The molecule has 128 valence electrons. The summed E-state index contributed by atoms with van der Waals surface area (Å²) in [6.07, 6.45) is 1.55. The van der Waals surface area contributed by atoms with Gasteiger partial charge in [0.1, 0.15) is 11.3 Å². The minimum atomic E-state index is -0.543. The molecule has 2 N–H and O–H groups in total. The molecule has 0 spiro atoms. The number of H-pyrrole nitrogens is 1. The van der Waals surface area contributed by atoms with E-state index in [0.717, 1.165) is 16.8 Å². The molecule has 1 fully saturated rings. The van der Waals surface area contributed by atoms with E-state index in [1.54, 1.807) is 24.4 Å². The molecule has 2 aromatic carbocycles. The van der Waals surface area contributed by atoms with Gasteiger partial charge in [-0.1, -0.05) is 18.2 Å². The van der Waals surface area contributed by atoms with Gasteiger partial charge in [0.05, 0.1) is 36.7 Å². The van der Waals surface area contributed by atoms with E-state index in [0.29, 0.717) is 24.0 Å². The highest BCUT2D eigenvalue weighted by Crippen LogP contribution is 2.35. The summed E-state index contributed by atoms with van der Waals surface area (Å²) >= 11 is 0. The van der Waals surface area contributed by atoms with Crippen LogP contribution in [0.4, 0.5) is 0 Å². The summed E-state index contributed by atoms with van der Waals surface area (Å²) < 4.78 is 5.29. The molecule has 1 amide bonds. The standard InChI is InChI=1S/C19H19N3O3/c1-25-14-5-2-4-12(8-14)17-9-13(23)10-22(17)19(24)15-6-3-7-16-18(15)21-11-20-16/h2-8,11,13,17,23H,9-10H2,1H3,(H,20,21)/t13-,17+/m1/s1. The number of imidazole rings is 1. The molecular formula is C19H19N3O3. The second kappa shape index (κ2) is 6.22. The van der Waals surface area contributed by atoms with E-state index in [1.807, 2.05) is 36.4 Å². The molecule has 0 bridgehead atoms. The number of likely N-dealkylation sites (tertiary alicyclic amines) is 1. The number of nitrogens with one attached hydrogen (secondary N) is 1. The number of nitrogens with zero attached hydrogens (tertiary/aromatic N) is 2. The van der Waals surface area contributed by atoms with Crippen molar-refractivity contribution in [3.05, 3.63) is 59.9 Å². The lowest BCUT2D eigenvalue weighted by Gasteiger charge is -2.25. The van der Waals surface area contributed by atoms with Crippen molar-refractivity contribution < 1.29 is 14.6 Å². The van der Waals surface area contributed by atoms with Crippen LogP contribution in [0.5, 0.6) is 5.75 Å². The third kappa shape index (κ3) is 2.74. The molecule has 0 unspecified atom stereocenters. The van der Waals surface area contributed by atoms with Gasteiger partial charge in [0.25, 0.3) is 5.91 Å². The molecule has 25 heavy (non-hydrogen) atoms. The molecule has 0 radical (unpaired) electrons. The van der Waals surface area contributed by atoms with E-state index in [1.165, 1.54) is 0 Å². The Bertz CT molecular complexity index is 921. The molecule has 1 aliphatic heterocycles. The van der Waals surface area contributed by atoms with Crippen molar-refractivity contribution in [3.63, 3.8) is 0 Å². The van der Waals surface area contributed by atoms with Crippen LogP contribution in [0.3, 0.4) is 0 Å². The van der Waals surface area contributed by atoms with Crippen molar-refractivity contribution in [2.45, 2.75) is 18.6 Å². The summed E-state index contributed by atoms with van der Waals surface area (Å²) in [5.41, 5.74) is 2.97. The first kappa shape index (κ1) is 15.7. The number of amides is 1. The van der Waals surface area contributed by atoms with Gasteiger partial charge in [-0.2, -0.15) is 0 Å². The van der Waals surface area contributed by atoms with Crippen molar-refractivity contribution in [1.82, 2.24) is 14.9 Å². The Kier molecular flexibility index (Phi) is 3.89. The number of aliphatic hydroxyl groups excluding tert-OH is 1. The predicted octanol–water partition coefficient (Wildman–Crippen LogP) is 2.52. The van der Waals surface area contributed by atoms with Gasteiger partial charge in [-0.15, -0.1) is 0 Å². The summed E-state index contributed by atoms with van der Waals surface area (Å²) in [5, 5.41) is 10.2. The first-order chi connectivity index (χ1) is 12.2. The van der Waals surface area contributed by atoms with Gasteiger partial charge in [0.15, 0.2) is 0 Å². The van der Waals surface area contributed by atoms with Crippen LogP contribution in [-0.4, -0.2) is 45.6 Å². The van der Waals surface area contributed by atoms with Crippen molar-refractivity contribution in [1.29, 1.82) is 0 Å². The van der Waals surface area contributed by atoms with Crippen molar-refractivity contribution in [2.24, 2.45) is 0 Å². The average molecular weight is 337 g/mol. The molecule has 0 aliphatic carbocycles. The Morgan fingerprint density at radius 1 is 1.32 bits per heavy atom. The number of aliphatic hydroxyl groups is 1. The quantitative estimate of drug-likeness (QED) is 0.770. The van der Waals surface area contributed by atoms with Gasteiger partial charge in [-0.25, -0.2) is 4.98 Å². The number of ether oxygens (including phenoxy) is 1. The SMILES string of the molecule is COc1cccc([C@@H]2C[C@@H](O)CN2C(=O)c2cccc3[nH]cnc23)c1. The number of fused-ring (bicyclic) bond motifs is 1. The molecule has 1 saturated heterocycles. The Balaban J connectivity index is 1.72. The van der Waals surface area contributed by atoms with Crippen LogP contribution in [0.15, 0.2) is 48.8 Å². The van der Waals surface area contributed by atoms with Gasteiger partial charge >= 0.3 is 0 Å². The van der Waals surface area contributed by atoms with E-state index in [9.17, 15) is 9.90 Å². The first-order valence-electron chi connectivity index (χ1n) is 8.22. The minimum Gasteiger partial charge on any atom is -0.497 e. The second-order valence-electron chi connectivity index (χ2n) is 6.24. The third-order valence-electron chi connectivity index (χ3n) is 4.70. The van der Waals surface area contributed by atoms with Gasteiger partial charge in [0.2, 0.25) is 0 Å². The van der Waals surface area contributed by atoms with Crippen LogP contribution in [0.2, 0.25) is 0 Å². The smallest absolute Gasteiger partial charge is 0.256 e. The van der Waals surface area contributed by atoms with Crippen molar-refractivity contribution >= 4 is 16.9 Å². The summed E-state index contributed by atoms with van der Waals surface area (Å²) in [6.45, 7) is 0.307. The van der Waals surface area contributed by atoms with E-state index in [2.05, 4.69) is 9.97 Å². The Morgan fingerprint density at radius 2 is 2.16 bits per heavy atom. The monoisotopic (exact) mass is 337 g/mol. The fraction of sp³-hybridized carbons (Fsp3) is 0.263. The number of methoxy groups -OCH3 is 1.